The first-order valence-electron chi connectivity index (χ1n) is 2.91. The lowest BCUT2D eigenvalue weighted by Gasteiger charge is -2.17. The molecule has 0 aliphatic carbocycles. The third-order valence-corrected chi connectivity index (χ3v) is 0.883. The first-order valence-corrected chi connectivity index (χ1v) is 2.91. The van der Waals surface area contributed by atoms with Crippen molar-refractivity contribution in [1.82, 2.24) is 0 Å². The van der Waals surface area contributed by atoms with Crippen LogP contribution in [0.3, 0.4) is 0 Å². The van der Waals surface area contributed by atoms with Crippen LogP contribution in [0.15, 0.2) is 0 Å². The summed E-state index contributed by atoms with van der Waals surface area (Å²) in [5.74, 6) is 1.82. The third-order valence-electron chi connectivity index (χ3n) is 0.883. The minimum absolute atomic E-state index is 0.134. The molecular weight excluding hydrogens is 130 g/mol. The number of carbonyl (C=O) groups excluding carboxylic acids is 1. The van der Waals surface area contributed by atoms with E-state index in [2.05, 4.69) is 5.92 Å². The van der Waals surface area contributed by atoms with E-state index in [0.717, 1.165) is 0 Å². The fourth-order valence-corrected chi connectivity index (χ4v) is 0.356. The number of nitrogens with two attached hydrogens (primary N) is 1. The minimum Gasteiger partial charge on any atom is -0.445 e. The molecule has 0 bridgehead atoms. The van der Waals surface area contributed by atoms with Gasteiger partial charge < -0.3 is 10.5 Å². The standard InChI is InChI=1S/C7H11NO2/c1-4-7(2,3)10-6(9)5-8/h1H,5,8H2,2-3H3. The summed E-state index contributed by atoms with van der Waals surface area (Å²) >= 11 is 0. The number of terminal acetylenes is 1. The molecule has 3 nitrogen and oxygen atoms in total. The van der Waals surface area contributed by atoms with Crippen molar-refractivity contribution in [3.63, 3.8) is 0 Å². The number of hydrogen-bond acceptors (Lipinski definition) is 3. The molecule has 0 radical (unpaired) electrons. The monoisotopic (exact) mass is 141 g/mol. The summed E-state index contributed by atoms with van der Waals surface area (Å²) < 4.78 is 4.74. The molecule has 0 heterocycles. The molecule has 0 aliphatic rings. The van der Waals surface area contributed by atoms with Crippen molar-refractivity contribution in [2.24, 2.45) is 5.73 Å². The highest BCUT2D eigenvalue weighted by Gasteiger charge is 2.17. The normalized spacial score (nSPS) is 10.2. The van der Waals surface area contributed by atoms with Crippen molar-refractivity contribution < 1.29 is 9.53 Å². The lowest BCUT2D eigenvalue weighted by Crippen LogP contribution is -2.29. The molecule has 0 fully saturated rings. The Hall–Kier alpha value is -1.01. The van der Waals surface area contributed by atoms with Gasteiger partial charge in [-0.15, -0.1) is 6.42 Å². The summed E-state index contributed by atoms with van der Waals surface area (Å²) in [7, 11) is 0. The Bertz CT molecular complexity index is 167. The zero-order valence-corrected chi connectivity index (χ0v) is 6.18. The van der Waals surface area contributed by atoms with Crippen molar-refractivity contribution in [2.75, 3.05) is 6.54 Å². The van der Waals surface area contributed by atoms with Crippen molar-refractivity contribution in [3.05, 3.63) is 0 Å². The molecule has 0 unspecified atom stereocenters. The van der Waals surface area contributed by atoms with Gasteiger partial charge in [-0.1, -0.05) is 5.92 Å². The molecule has 0 rings (SSSR count). The SMILES string of the molecule is C#CC(C)(C)OC(=O)CN. The molecule has 0 spiro atoms. The van der Waals surface area contributed by atoms with Crippen LogP contribution in [0.2, 0.25) is 0 Å². The first-order chi connectivity index (χ1) is 4.52. The molecule has 0 aromatic rings. The van der Waals surface area contributed by atoms with E-state index in [9.17, 15) is 4.79 Å². The van der Waals surface area contributed by atoms with Crippen LogP contribution in [-0.4, -0.2) is 18.1 Å². The Balaban J connectivity index is 3.92. The van der Waals surface area contributed by atoms with E-state index in [1.807, 2.05) is 0 Å². The lowest BCUT2D eigenvalue weighted by molar-refractivity contribution is -0.149. The van der Waals surface area contributed by atoms with Crippen molar-refractivity contribution in [3.8, 4) is 12.3 Å². The second kappa shape index (κ2) is 3.23. The summed E-state index contributed by atoms with van der Waals surface area (Å²) in [6.07, 6.45) is 5.04. The van der Waals surface area contributed by atoms with Crippen LogP contribution < -0.4 is 5.73 Å². The van der Waals surface area contributed by atoms with Crippen molar-refractivity contribution in [2.45, 2.75) is 19.4 Å². The van der Waals surface area contributed by atoms with Gasteiger partial charge in [0.25, 0.3) is 0 Å². The Morgan fingerprint density at radius 2 is 2.30 bits per heavy atom. The van der Waals surface area contributed by atoms with Crippen LogP contribution in [0.25, 0.3) is 0 Å². The maximum atomic E-state index is 10.5. The highest BCUT2D eigenvalue weighted by molar-refractivity contribution is 5.72. The van der Waals surface area contributed by atoms with E-state index in [-0.39, 0.29) is 6.54 Å². The average Bonchev–Trinajstić information content (AvgIpc) is 1.87. The van der Waals surface area contributed by atoms with Crippen molar-refractivity contribution in [1.29, 1.82) is 0 Å². The van der Waals surface area contributed by atoms with E-state index in [1.165, 1.54) is 0 Å². The number of esters is 1. The van der Waals surface area contributed by atoms with Crippen LogP contribution in [0.5, 0.6) is 0 Å². The third kappa shape index (κ3) is 3.10. The van der Waals surface area contributed by atoms with E-state index >= 15 is 0 Å². The molecule has 3 heteroatoms. The van der Waals surface area contributed by atoms with Gasteiger partial charge in [-0.05, 0) is 13.8 Å². The Kier molecular flexibility index (Phi) is 2.91. The van der Waals surface area contributed by atoms with Crippen molar-refractivity contribution >= 4 is 5.97 Å². The summed E-state index contributed by atoms with van der Waals surface area (Å²) in [6.45, 7) is 3.12. The lowest BCUT2D eigenvalue weighted by atomic mass is 10.1. The van der Waals surface area contributed by atoms with Crippen LogP contribution in [0, 0.1) is 12.3 Å². The second-order valence-corrected chi connectivity index (χ2v) is 2.33. The molecule has 0 amide bonds. The Labute approximate surface area is 60.5 Å². The fourth-order valence-electron chi connectivity index (χ4n) is 0.356. The van der Waals surface area contributed by atoms with Gasteiger partial charge >= 0.3 is 5.97 Å². The van der Waals surface area contributed by atoms with Crippen LogP contribution in [0.4, 0.5) is 0 Å². The van der Waals surface area contributed by atoms with Crippen LogP contribution in [0.1, 0.15) is 13.8 Å². The highest BCUT2D eigenvalue weighted by Crippen LogP contribution is 2.05. The zero-order valence-electron chi connectivity index (χ0n) is 6.18. The second-order valence-electron chi connectivity index (χ2n) is 2.33. The predicted octanol–water partition coefficient (Wildman–Crippen LogP) is -0.0999. The number of carbonyl (C=O) groups is 1. The smallest absolute Gasteiger partial charge is 0.321 e. The van der Waals surface area contributed by atoms with Gasteiger partial charge in [-0.3, -0.25) is 4.79 Å². The maximum absolute atomic E-state index is 10.5. The van der Waals surface area contributed by atoms with Gasteiger partial charge in [0.2, 0.25) is 0 Å². The van der Waals surface area contributed by atoms with E-state index in [1.54, 1.807) is 13.8 Å². The summed E-state index contributed by atoms with van der Waals surface area (Å²) in [6, 6.07) is 0. The van der Waals surface area contributed by atoms with Crippen LogP contribution >= 0.6 is 0 Å². The molecular formula is C7H11NO2. The number of ether oxygens (including phenoxy) is 1. The molecule has 0 atom stereocenters. The fraction of sp³-hybridized carbons (Fsp3) is 0.571. The molecule has 10 heavy (non-hydrogen) atoms. The average molecular weight is 141 g/mol. The van der Waals surface area contributed by atoms with Gasteiger partial charge in [0.15, 0.2) is 5.60 Å². The predicted molar refractivity (Wildman–Crippen MR) is 38.1 cm³/mol. The van der Waals surface area contributed by atoms with E-state index in [4.69, 9.17) is 16.9 Å². The van der Waals surface area contributed by atoms with E-state index < -0.39 is 11.6 Å². The largest absolute Gasteiger partial charge is 0.445 e. The number of hydrogen-bond donors (Lipinski definition) is 1. The van der Waals surface area contributed by atoms with Gasteiger partial charge in [0, 0.05) is 0 Å². The number of rotatable bonds is 2. The van der Waals surface area contributed by atoms with Gasteiger partial charge in [0.05, 0.1) is 6.54 Å². The highest BCUT2D eigenvalue weighted by atomic mass is 16.6. The molecule has 0 aromatic carbocycles. The van der Waals surface area contributed by atoms with Gasteiger partial charge in [0.1, 0.15) is 0 Å². The topological polar surface area (TPSA) is 52.3 Å². The zero-order chi connectivity index (χ0) is 8.20. The minimum atomic E-state index is -0.837. The first kappa shape index (κ1) is 8.99. The quantitative estimate of drug-likeness (QED) is 0.431. The Morgan fingerprint density at radius 1 is 1.80 bits per heavy atom. The summed E-state index contributed by atoms with van der Waals surface area (Å²) in [5.41, 5.74) is 4.15. The maximum Gasteiger partial charge on any atom is 0.321 e. The van der Waals surface area contributed by atoms with Gasteiger partial charge in [-0.2, -0.15) is 0 Å². The summed E-state index contributed by atoms with van der Waals surface area (Å²) in [4.78, 5) is 10.5. The molecule has 0 saturated carbocycles. The molecule has 2 N–H and O–H groups in total. The van der Waals surface area contributed by atoms with Gasteiger partial charge in [-0.25, -0.2) is 0 Å². The summed E-state index contributed by atoms with van der Waals surface area (Å²) in [5, 5.41) is 0. The van der Waals surface area contributed by atoms with Crippen LogP contribution in [-0.2, 0) is 9.53 Å². The molecule has 0 aliphatic heterocycles. The Morgan fingerprint density at radius 3 is 2.60 bits per heavy atom. The molecule has 0 saturated heterocycles. The molecule has 56 valence electrons. The molecule has 0 aromatic heterocycles. The van der Waals surface area contributed by atoms with E-state index in [0.29, 0.717) is 0 Å².